The van der Waals surface area contributed by atoms with E-state index < -0.39 is 0 Å². The van der Waals surface area contributed by atoms with Crippen molar-refractivity contribution in [3.8, 4) is 0 Å². The Morgan fingerprint density at radius 1 is 1.18 bits per heavy atom. The molecule has 0 N–H and O–H groups in total. The van der Waals surface area contributed by atoms with Crippen molar-refractivity contribution in [2.45, 2.75) is 45.3 Å². The summed E-state index contributed by atoms with van der Waals surface area (Å²) in [5.41, 5.74) is 0.549. The molecule has 2 nitrogen and oxygen atoms in total. The van der Waals surface area contributed by atoms with Crippen LogP contribution >= 0.6 is 0 Å². The Labute approximate surface area is 103 Å². The summed E-state index contributed by atoms with van der Waals surface area (Å²) in [6.07, 6.45) is 9.96. The predicted molar refractivity (Wildman–Crippen MR) is 65.4 cm³/mol. The second-order valence-corrected chi connectivity index (χ2v) is 7.16. The van der Waals surface area contributed by atoms with Crippen molar-refractivity contribution >= 4 is 0 Å². The lowest BCUT2D eigenvalue weighted by atomic mass is 9.85. The van der Waals surface area contributed by atoms with Gasteiger partial charge in [0, 0.05) is 16.7 Å². The normalized spacial score (nSPS) is 48.8. The maximum absolute atomic E-state index is 6.28. The van der Waals surface area contributed by atoms with Crippen molar-refractivity contribution < 1.29 is 9.47 Å². The molecule has 0 amide bonds. The number of hydrogen-bond donors (Lipinski definition) is 0. The Bertz CT molecular complexity index is 374. The Morgan fingerprint density at radius 3 is 2.71 bits per heavy atom. The molecule has 2 heteroatoms. The van der Waals surface area contributed by atoms with Gasteiger partial charge < -0.3 is 9.47 Å². The lowest BCUT2D eigenvalue weighted by Gasteiger charge is -2.38. The van der Waals surface area contributed by atoms with E-state index >= 15 is 0 Å². The van der Waals surface area contributed by atoms with Crippen molar-refractivity contribution in [2.75, 3.05) is 13.2 Å². The SMILES string of the molecule is CC1(C)COC2(OC1)[C@@H]1CC=C[C@H]3CCC[C@]312. The van der Waals surface area contributed by atoms with Crippen molar-refractivity contribution in [3.05, 3.63) is 12.2 Å². The van der Waals surface area contributed by atoms with E-state index in [2.05, 4.69) is 26.0 Å². The molecule has 1 heterocycles. The fourth-order valence-corrected chi connectivity index (χ4v) is 4.67. The number of fused-ring (bicyclic) bond motifs is 1. The molecule has 4 rings (SSSR count). The van der Waals surface area contributed by atoms with E-state index in [1.54, 1.807) is 0 Å². The van der Waals surface area contributed by atoms with Crippen molar-refractivity contribution in [3.63, 3.8) is 0 Å². The minimum Gasteiger partial charge on any atom is -0.348 e. The number of rotatable bonds is 0. The average Bonchev–Trinajstić information content (AvgIpc) is 2.66. The molecule has 3 aliphatic carbocycles. The summed E-state index contributed by atoms with van der Waals surface area (Å²) < 4.78 is 12.6. The maximum Gasteiger partial charge on any atom is 0.178 e. The predicted octanol–water partition coefficient (Wildman–Crippen LogP) is 3.13. The highest BCUT2D eigenvalue weighted by atomic mass is 16.7. The van der Waals surface area contributed by atoms with Gasteiger partial charge >= 0.3 is 0 Å². The monoisotopic (exact) mass is 234 g/mol. The Hall–Kier alpha value is -0.340. The van der Waals surface area contributed by atoms with Gasteiger partial charge in [-0.1, -0.05) is 32.4 Å². The van der Waals surface area contributed by atoms with Crippen LogP contribution in [0.15, 0.2) is 12.2 Å². The minimum atomic E-state index is -0.201. The molecular formula is C15H22O2. The van der Waals surface area contributed by atoms with Crippen LogP contribution in [0, 0.1) is 22.7 Å². The molecule has 2 spiro atoms. The van der Waals surface area contributed by atoms with Crippen LogP contribution in [0.25, 0.3) is 0 Å². The first-order valence-corrected chi connectivity index (χ1v) is 7.05. The minimum absolute atomic E-state index is 0.190. The van der Waals surface area contributed by atoms with Crippen molar-refractivity contribution in [1.82, 2.24) is 0 Å². The number of ether oxygens (including phenoxy) is 2. The quantitative estimate of drug-likeness (QED) is 0.599. The first-order chi connectivity index (χ1) is 8.11. The topological polar surface area (TPSA) is 18.5 Å². The highest BCUT2D eigenvalue weighted by Gasteiger charge is 2.83. The van der Waals surface area contributed by atoms with E-state index in [4.69, 9.17) is 9.47 Å². The van der Waals surface area contributed by atoms with Crippen molar-refractivity contribution in [1.29, 1.82) is 0 Å². The highest BCUT2D eigenvalue weighted by Crippen LogP contribution is 2.78. The van der Waals surface area contributed by atoms with Gasteiger partial charge in [-0.25, -0.2) is 0 Å². The molecule has 0 aromatic rings. The van der Waals surface area contributed by atoms with E-state index in [9.17, 15) is 0 Å². The zero-order chi connectivity index (χ0) is 11.7. The average molecular weight is 234 g/mol. The van der Waals surface area contributed by atoms with Crippen LogP contribution in [-0.2, 0) is 9.47 Å². The van der Waals surface area contributed by atoms with Gasteiger partial charge in [0.2, 0.25) is 0 Å². The summed E-state index contributed by atoms with van der Waals surface area (Å²) in [4.78, 5) is 0. The molecule has 94 valence electrons. The lowest BCUT2D eigenvalue weighted by molar-refractivity contribution is -0.267. The fraction of sp³-hybridized carbons (Fsp3) is 0.867. The van der Waals surface area contributed by atoms with Crippen LogP contribution in [0.4, 0.5) is 0 Å². The molecule has 0 radical (unpaired) electrons. The number of hydrogen-bond acceptors (Lipinski definition) is 2. The van der Waals surface area contributed by atoms with E-state index in [0.29, 0.717) is 11.3 Å². The first-order valence-electron chi connectivity index (χ1n) is 7.05. The summed E-state index contributed by atoms with van der Waals surface area (Å²) >= 11 is 0. The third kappa shape index (κ3) is 1.09. The van der Waals surface area contributed by atoms with Gasteiger partial charge in [0.05, 0.1) is 13.2 Å². The van der Waals surface area contributed by atoms with Gasteiger partial charge in [-0.05, 0) is 25.2 Å². The van der Waals surface area contributed by atoms with E-state index in [-0.39, 0.29) is 11.2 Å². The van der Waals surface area contributed by atoms with Gasteiger partial charge in [0.25, 0.3) is 0 Å². The molecular weight excluding hydrogens is 212 g/mol. The molecule has 0 aromatic heterocycles. The van der Waals surface area contributed by atoms with E-state index in [0.717, 1.165) is 25.6 Å². The third-order valence-electron chi connectivity index (χ3n) is 5.51. The fourth-order valence-electron chi connectivity index (χ4n) is 4.67. The molecule has 0 unspecified atom stereocenters. The molecule has 3 atom stereocenters. The largest absolute Gasteiger partial charge is 0.348 e. The summed E-state index contributed by atoms with van der Waals surface area (Å²) in [5, 5.41) is 0. The van der Waals surface area contributed by atoms with Crippen molar-refractivity contribution in [2.24, 2.45) is 22.7 Å². The molecule has 17 heavy (non-hydrogen) atoms. The Kier molecular flexibility index (Phi) is 1.85. The summed E-state index contributed by atoms with van der Waals surface area (Å²) in [5.74, 6) is 1.17. The molecule has 1 aliphatic heterocycles. The van der Waals surface area contributed by atoms with E-state index in [1.807, 2.05) is 0 Å². The second-order valence-electron chi connectivity index (χ2n) is 7.16. The summed E-state index contributed by atoms with van der Waals surface area (Å²) in [6.45, 7) is 6.18. The first kappa shape index (κ1) is 10.6. The molecule has 4 aliphatic rings. The molecule has 3 fully saturated rings. The van der Waals surface area contributed by atoms with Crippen LogP contribution in [0.3, 0.4) is 0 Å². The maximum atomic E-state index is 6.28. The summed E-state index contributed by atoms with van der Waals surface area (Å²) in [7, 11) is 0. The van der Waals surface area contributed by atoms with E-state index in [1.165, 1.54) is 19.3 Å². The summed E-state index contributed by atoms with van der Waals surface area (Å²) in [6, 6.07) is 0. The van der Waals surface area contributed by atoms with Crippen LogP contribution in [0.5, 0.6) is 0 Å². The number of allylic oxidation sites excluding steroid dienone is 2. The zero-order valence-corrected chi connectivity index (χ0v) is 10.9. The molecule has 2 saturated carbocycles. The molecule has 0 aromatic carbocycles. The van der Waals surface area contributed by atoms with Crippen LogP contribution in [0.2, 0.25) is 0 Å². The van der Waals surface area contributed by atoms with Crippen LogP contribution in [-0.4, -0.2) is 19.0 Å². The lowest BCUT2D eigenvalue weighted by Crippen LogP contribution is -2.43. The zero-order valence-electron chi connectivity index (χ0n) is 10.9. The smallest absolute Gasteiger partial charge is 0.178 e. The molecule has 1 saturated heterocycles. The Morgan fingerprint density at radius 2 is 1.94 bits per heavy atom. The van der Waals surface area contributed by atoms with Gasteiger partial charge in [-0.2, -0.15) is 0 Å². The highest BCUT2D eigenvalue weighted by molar-refractivity contribution is 5.31. The standard InChI is InChI=1S/C15H22O2/c1-13(2)9-16-15(17-10-13)12-7-3-5-11-6-4-8-14(11,12)15/h3,5,11-12H,4,6-10H2,1-2H3/t11-,12+,14-/m0/s1. The Balaban J connectivity index is 1.66. The second kappa shape index (κ2) is 2.97. The van der Waals surface area contributed by atoms with Crippen LogP contribution < -0.4 is 0 Å². The van der Waals surface area contributed by atoms with Gasteiger partial charge in [-0.15, -0.1) is 0 Å². The molecule has 0 bridgehead atoms. The van der Waals surface area contributed by atoms with Crippen LogP contribution in [0.1, 0.15) is 39.5 Å². The van der Waals surface area contributed by atoms with Gasteiger partial charge in [-0.3, -0.25) is 0 Å². The van der Waals surface area contributed by atoms with Gasteiger partial charge in [0.15, 0.2) is 5.79 Å². The third-order valence-corrected chi connectivity index (χ3v) is 5.51. The van der Waals surface area contributed by atoms with Gasteiger partial charge in [0.1, 0.15) is 0 Å².